The van der Waals surface area contributed by atoms with Crippen molar-refractivity contribution in [1.82, 2.24) is 9.71 Å². The van der Waals surface area contributed by atoms with Crippen LogP contribution in [-0.4, -0.2) is 13.4 Å². The summed E-state index contributed by atoms with van der Waals surface area (Å²) in [6.07, 6.45) is 0. The van der Waals surface area contributed by atoms with Crippen molar-refractivity contribution in [3.63, 3.8) is 0 Å². The number of thiazole rings is 1. The Balaban J connectivity index is 2.16. The second-order valence-corrected chi connectivity index (χ2v) is 7.87. The predicted molar refractivity (Wildman–Crippen MR) is 81.5 cm³/mol. The molecule has 0 unspecified atom stereocenters. The molecule has 0 saturated carbocycles. The molecule has 0 aliphatic rings. The van der Waals surface area contributed by atoms with E-state index in [9.17, 15) is 8.42 Å². The van der Waals surface area contributed by atoms with Gasteiger partial charge in [0.2, 0.25) is 10.0 Å². The van der Waals surface area contributed by atoms with Crippen LogP contribution in [0, 0.1) is 27.7 Å². The van der Waals surface area contributed by atoms with Crippen LogP contribution in [0.3, 0.4) is 0 Å². The largest absolute Gasteiger partial charge is 0.245 e. The molecule has 0 aliphatic heterocycles. The summed E-state index contributed by atoms with van der Waals surface area (Å²) in [6.45, 7) is 8.00. The minimum absolute atomic E-state index is 0.231. The van der Waals surface area contributed by atoms with E-state index in [0.29, 0.717) is 4.90 Å². The molecule has 108 valence electrons. The monoisotopic (exact) mass is 310 g/mol. The summed E-state index contributed by atoms with van der Waals surface area (Å²) in [7, 11) is -3.48. The first-order valence-electron chi connectivity index (χ1n) is 6.29. The number of nitrogens with one attached hydrogen (secondary N) is 1. The van der Waals surface area contributed by atoms with E-state index in [2.05, 4.69) is 9.71 Å². The number of rotatable bonds is 4. The van der Waals surface area contributed by atoms with E-state index >= 15 is 0 Å². The fraction of sp³-hybridized carbons (Fsp3) is 0.357. The normalized spacial score (nSPS) is 11.8. The zero-order valence-electron chi connectivity index (χ0n) is 12.0. The van der Waals surface area contributed by atoms with E-state index in [0.717, 1.165) is 26.7 Å². The summed E-state index contributed by atoms with van der Waals surface area (Å²) in [4.78, 5) is 5.74. The molecule has 0 aliphatic carbocycles. The van der Waals surface area contributed by atoms with Crippen molar-refractivity contribution in [2.45, 2.75) is 39.1 Å². The first-order valence-corrected chi connectivity index (χ1v) is 8.59. The first kappa shape index (κ1) is 15.2. The van der Waals surface area contributed by atoms with E-state index in [1.165, 1.54) is 11.3 Å². The molecule has 6 heteroatoms. The second-order valence-electron chi connectivity index (χ2n) is 4.82. The van der Waals surface area contributed by atoms with Gasteiger partial charge in [-0.3, -0.25) is 0 Å². The number of aromatic nitrogens is 1. The van der Waals surface area contributed by atoms with Gasteiger partial charge in [0, 0.05) is 4.88 Å². The molecular weight excluding hydrogens is 292 g/mol. The quantitative estimate of drug-likeness (QED) is 0.944. The minimum Gasteiger partial charge on any atom is -0.245 e. The first-order chi connectivity index (χ1) is 9.29. The molecule has 1 aromatic heterocycles. The van der Waals surface area contributed by atoms with Gasteiger partial charge >= 0.3 is 0 Å². The van der Waals surface area contributed by atoms with Gasteiger partial charge < -0.3 is 0 Å². The molecule has 0 spiro atoms. The maximum Gasteiger partial charge on any atom is 0.240 e. The zero-order valence-corrected chi connectivity index (χ0v) is 13.7. The molecule has 2 rings (SSSR count). The van der Waals surface area contributed by atoms with E-state index in [1.54, 1.807) is 12.1 Å². The minimum atomic E-state index is -3.48. The number of sulfonamides is 1. The third-order valence-electron chi connectivity index (χ3n) is 3.27. The van der Waals surface area contributed by atoms with E-state index < -0.39 is 10.0 Å². The average molecular weight is 310 g/mol. The highest BCUT2D eigenvalue weighted by molar-refractivity contribution is 7.89. The molecule has 1 heterocycles. The van der Waals surface area contributed by atoms with Crippen molar-refractivity contribution >= 4 is 21.4 Å². The topological polar surface area (TPSA) is 59.1 Å². The van der Waals surface area contributed by atoms with Crippen molar-refractivity contribution in [2.24, 2.45) is 0 Å². The number of hydrogen-bond acceptors (Lipinski definition) is 4. The number of benzene rings is 1. The summed E-state index contributed by atoms with van der Waals surface area (Å²) in [5.74, 6) is 0. The number of nitrogens with zero attached hydrogens (tertiary/aromatic N) is 1. The summed E-state index contributed by atoms with van der Waals surface area (Å²) in [5.41, 5.74) is 3.00. The number of hydrogen-bond donors (Lipinski definition) is 1. The van der Waals surface area contributed by atoms with Crippen LogP contribution in [0.15, 0.2) is 23.1 Å². The van der Waals surface area contributed by atoms with Crippen LogP contribution in [0.4, 0.5) is 0 Å². The standard InChI is InChI=1S/C14H18N2O2S2/c1-9-5-6-13(7-10(9)2)20(17,18)15-8-14-16-11(3)12(4)19-14/h5-7,15H,8H2,1-4H3. The van der Waals surface area contributed by atoms with Gasteiger partial charge in [-0.15, -0.1) is 11.3 Å². The predicted octanol–water partition coefficient (Wildman–Crippen LogP) is 2.86. The molecule has 0 radical (unpaired) electrons. The summed E-state index contributed by atoms with van der Waals surface area (Å²) in [6, 6.07) is 5.14. The Morgan fingerprint density at radius 1 is 1.15 bits per heavy atom. The molecule has 0 saturated heterocycles. The average Bonchev–Trinajstić information content (AvgIpc) is 2.70. The van der Waals surface area contributed by atoms with Gasteiger partial charge in [0.05, 0.1) is 17.1 Å². The second kappa shape index (κ2) is 5.63. The van der Waals surface area contributed by atoms with Crippen molar-refractivity contribution in [3.8, 4) is 0 Å². The maximum atomic E-state index is 12.2. The van der Waals surface area contributed by atoms with Gasteiger partial charge in [-0.25, -0.2) is 18.1 Å². The highest BCUT2D eigenvalue weighted by atomic mass is 32.2. The summed E-state index contributed by atoms with van der Waals surface area (Å²) >= 11 is 1.52. The molecule has 0 amide bonds. The van der Waals surface area contributed by atoms with Crippen molar-refractivity contribution in [3.05, 3.63) is 44.9 Å². The Bertz CT molecular complexity index is 714. The highest BCUT2D eigenvalue weighted by Gasteiger charge is 2.15. The Kier molecular flexibility index (Phi) is 4.27. The summed E-state index contributed by atoms with van der Waals surface area (Å²) < 4.78 is 27.1. The van der Waals surface area contributed by atoms with E-state index in [1.807, 2.05) is 33.8 Å². The van der Waals surface area contributed by atoms with Crippen LogP contribution in [0.2, 0.25) is 0 Å². The van der Waals surface area contributed by atoms with E-state index in [-0.39, 0.29) is 6.54 Å². The van der Waals surface area contributed by atoms with Crippen LogP contribution >= 0.6 is 11.3 Å². The molecule has 20 heavy (non-hydrogen) atoms. The molecule has 0 fully saturated rings. The molecular formula is C14H18N2O2S2. The van der Waals surface area contributed by atoms with Gasteiger partial charge in [-0.1, -0.05) is 6.07 Å². The Labute approximate surface area is 123 Å². The highest BCUT2D eigenvalue weighted by Crippen LogP contribution is 2.18. The van der Waals surface area contributed by atoms with Gasteiger partial charge in [0.1, 0.15) is 5.01 Å². The molecule has 0 atom stereocenters. The van der Waals surface area contributed by atoms with Gasteiger partial charge in [-0.2, -0.15) is 0 Å². The third-order valence-corrected chi connectivity index (χ3v) is 5.75. The lowest BCUT2D eigenvalue weighted by Gasteiger charge is -2.07. The lowest BCUT2D eigenvalue weighted by molar-refractivity contribution is 0.581. The lowest BCUT2D eigenvalue weighted by atomic mass is 10.1. The lowest BCUT2D eigenvalue weighted by Crippen LogP contribution is -2.23. The fourth-order valence-electron chi connectivity index (χ4n) is 1.74. The van der Waals surface area contributed by atoms with Crippen LogP contribution in [0.5, 0.6) is 0 Å². The Morgan fingerprint density at radius 3 is 2.40 bits per heavy atom. The maximum absolute atomic E-state index is 12.2. The van der Waals surface area contributed by atoms with Crippen molar-refractivity contribution in [2.75, 3.05) is 0 Å². The van der Waals surface area contributed by atoms with Crippen molar-refractivity contribution < 1.29 is 8.42 Å². The molecule has 2 aromatic rings. The van der Waals surface area contributed by atoms with E-state index in [4.69, 9.17) is 0 Å². The molecule has 1 N–H and O–H groups in total. The summed E-state index contributed by atoms with van der Waals surface area (Å²) in [5, 5.41) is 0.785. The Morgan fingerprint density at radius 2 is 1.85 bits per heavy atom. The van der Waals surface area contributed by atoms with Gasteiger partial charge in [-0.05, 0) is 51.0 Å². The van der Waals surface area contributed by atoms with Crippen LogP contribution in [-0.2, 0) is 16.6 Å². The SMILES string of the molecule is Cc1ccc(S(=O)(=O)NCc2nc(C)c(C)s2)cc1C. The molecule has 4 nitrogen and oxygen atoms in total. The van der Waals surface area contributed by atoms with Crippen LogP contribution < -0.4 is 4.72 Å². The third kappa shape index (κ3) is 3.26. The zero-order chi connectivity index (χ0) is 14.9. The van der Waals surface area contributed by atoms with Crippen LogP contribution in [0.1, 0.15) is 26.7 Å². The number of aryl methyl sites for hydroxylation is 4. The van der Waals surface area contributed by atoms with Gasteiger partial charge in [0.25, 0.3) is 0 Å². The fourth-order valence-corrected chi connectivity index (χ4v) is 3.77. The molecule has 0 bridgehead atoms. The van der Waals surface area contributed by atoms with Crippen molar-refractivity contribution in [1.29, 1.82) is 0 Å². The smallest absolute Gasteiger partial charge is 0.240 e. The van der Waals surface area contributed by atoms with Crippen LogP contribution in [0.25, 0.3) is 0 Å². The van der Waals surface area contributed by atoms with Gasteiger partial charge in [0.15, 0.2) is 0 Å². The Hall–Kier alpha value is -1.24. The molecule has 1 aromatic carbocycles.